The molecule has 0 aromatic heterocycles. The van der Waals surface area contributed by atoms with Crippen LogP contribution in [0.15, 0.2) is 47.1 Å². The van der Waals surface area contributed by atoms with E-state index in [9.17, 15) is 9.90 Å². The van der Waals surface area contributed by atoms with Gasteiger partial charge < -0.3 is 14.6 Å². The molecule has 1 saturated carbocycles. The molecule has 1 heterocycles. The first-order chi connectivity index (χ1) is 14.3. The van der Waals surface area contributed by atoms with E-state index in [1.807, 2.05) is 25.1 Å². The molecule has 0 bridgehead atoms. The van der Waals surface area contributed by atoms with Gasteiger partial charge in [-0.15, -0.1) is 0 Å². The molecule has 2 unspecified atom stereocenters. The van der Waals surface area contributed by atoms with E-state index >= 15 is 0 Å². The highest BCUT2D eigenvalue weighted by atomic mass is 16.5. The molecule has 160 valence electrons. The number of carbonyl (C=O) groups is 1. The topological polar surface area (TPSA) is 55.8 Å². The minimum atomic E-state index is -0.721. The summed E-state index contributed by atoms with van der Waals surface area (Å²) in [6.07, 6.45) is 6.99. The largest absolute Gasteiger partial charge is 0.497 e. The van der Waals surface area contributed by atoms with Crippen LogP contribution in [0.3, 0.4) is 0 Å². The van der Waals surface area contributed by atoms with Crippen LogP contribution in [0, 0.1) is 17.3 Å². The van der Waals surface area contributed by atoms with Crippen molar-refractivity contribution in [3.63, 3.8) is 0 Å². The van der Waals surface area contributed by atoms with Crippen molar-refractivity contribution in [3.8, 4) is 5.75 Å². The van der Waals surface area contributed by atoms with Gasteiger partial charge in [-0.1, -0.05) is 19.1 Å². The van der Waals surface area contributed by atoms with Gasteiger partial charge in [0.25, 0.3) is 0 Å². The zero-order valence-corrected chi connectivity index (χ0v) is 18.2. The van der Waals surface area contributed by atoms with Gasteiger partial charge in [-0.2, -0.15) is 0 Å². The summed E-state index contributed by atoms with van der Waals surface area (Å²) in [4.78, 5) is 12.1. The van der Waals surface area contributed by atoms with Crippen LogP contribution in [0.1, 0.15) is 64.0 Å². The Balaban J connectivity index is 1.66. The van der Waals surface area contributed by atoms with Crippen molar-refractivity contribution in [3.05, 3.63) is 52.6 Å². The second kappa shape index (κ2) is 7.06. The molecule has 0 spiro atoms. The van der Waals surface area contributed by atoms with Crippen molar-refractivity contribution in [1.29, 1.82) is 0 Å². The molecule has 0 amide bonds. The predicted molar refractivity (Wildman–Crippen MR) is 115 cm³/mol. The fraction of sp³-hybridized carbons (Fsp3) is 0.577. The van der Waals surface area contributed by atoms with Crippen molar-refractivity contribution < 1.29 is 19.4 Å². The van der Waals surface area contributed by atoms with Gasteiger partial charge in [0, 0.05) is 11.8 Å². The maximum Gasteiger partial charge on any atom is 0.156 e. The maximum absolute atomic E-state index is 12.1. The molecule has 1 aromatic rings. The first kappa shape index (κ1) is 20.0. The Morgan fingerprint density at radius 1 is 1.10 bits per heavy atom. The SMILES string of the molecule is COc1ccc([C@@H]2OC[C@@]3(C)C(CC[C@]3(C)O)C3CCC4=CC(=O)CCC4=C32)cc1. The van der Waals surface area contributed by atoms with Crippen molar-refractivity contribution >= 4 is 5.78 Å². The number of aliphatic hydroxyl groups is 1. The standard InChI is InChI=1S/C26H32O4/c1-25-15-30-24(16-4-8-19(29-3)9-5-16)23-20-11-7-18(27)14-17(20)6-10-21(23)22(25)12-13-26(25,2)28/h4-5,8-9,14,21-22,24,28H,6-7,10-13,15H2,1-3H3/t21?,22?,24-,25-,26-/m0/s1. The molecule has 3 aliphatic carbocycles. The van der Waals surface area contributed by atoms with Gasteiger partial charge in [-0.05, 0) is 91.4 Å². The lowest BCUT2D eigenvalue weighted by Crippen LogP contribution is -2.46. The summed E-state index contributed by atoms with van der Waals surface area (Å²) in [5, 5.41) is 11.3. The lowest BCUT2D eigenvalue weighted by atomic mass is 9.62. The van der Waals surface area contributed by atoms with E-state index in [2.05, 4.69) is 19.1 Å². The third-order valence-corrected chi connectivity index (χ3v) is 8.54. The summed E-state index contributed by atoms with van der Waals surface area (Å²) in [6.45, 7) is 4.76. The number of allylic oxidation sites excluding steroid dienone is 3. The lowest BCUT2D eigenvalue weighted by molar-refractivity contribution is -0.114. The maximum atomic E-state index is 12.1. The van der Waals surface area contributed by atoms with E-state index in [-0.39, 0.29) is 17.3 Å². The Kier molecular flexibility index (Phi) is 4.71. The third kappa shape index (κ3) is 2.91. The monoisotopic (exact) mass is 408 g/mol. The Labute approximate surface area is 179 Å². The van der Waals surface area contributed by atoms with E-state index in [1.165, 1.54) is 16.7 Å². The molecule has 4 nitrogen and oxygen atoms in total. The van der Waals surface area contributed by atoms with Crippen LogP contribution in [-0.4, -0.2) is 30.2 Å². The van der Waals surface area contributed by atoms with Gasteiger partial charge >= 0.3 is 0 Å². The Bertz CT molecular complexity index is 923. The van der Waals surface area contributed by atoms with Crippen molar-refractivity contribution in [2.45, 2.75) is 64.1 Å². The molecular formula is C26H32O4. The van der Waals surface area contributed by atoms with E-state index in [0.29, 0.717) is 24.9 Å². The van der Waals surface area contributed by atoms with Crippen LogP contribution in [0.5, 0.6) is 5.75 Å². The number of ketones is 1. The molecule has 5 atom stereocenters. The van der Waals surface area contributed by atoms with E-state index in [0.717, 1.165) is 43.4 Å². The van der Waals surface area contributed by atoms with Crippen LogP contribution >= 0.6 is 0 Å². The Hall–Kier alpha value is -1.91. The first-order valence-electron chi connectivity index (χ1n) is 11.3. The Morgan fingerprint density at radius 2 is 1.87 bits per heavy atom. The molecule has 0 radical (unpaired) electrons. The highest BCUT2D eigenvalue weighted by molar-refractivity contribution is 5.93. The number of hydrogen-bond acceptors (Lipinski definition) is 4. The van der Waals surface area contributed by atoms with Crippen molar-refractivity contribution in [1.82, 2.24) is 0 Å². The molecule has 1 saturated heterocycles. The number of carbonyl (C=O) groups excluding carboxylic acids is 1. The van der Waals surface area contributed by atoms with Gasteiger partial charge in [0.15, 0.2) is 5.78 Å². The predicted octanol–water partition coefficient (Wildman–Crippen LogP) is 4.93. The zero-order valence-electron chi connectivity index (χ0n) is 18.2. The number of hydrogen-bond donors (Lipinski definition) is 1. The molecule has 1 aromatic carbocycles. The molecule has 4 heteroatoms. The molecule has 2 fully saturated rings. The second-order valence-electron chi connectivity index (χ2n) is 10.0. The minimum absolute atomic E-state index is 0.133. The van der Waals surface area contributed by atoms with Crippen LogP contribution < -0.4 is 4.74 Å². The van der Waals surface area contributed by atoms with Gasteiger partial charge in [0.05, 0.1) is 19.3 Å². The number of benzene rings is 1. The summed E-state index contributed by atoms with van der Waals surface area (Å²) in [5.74, 6) is 1.87. The Morgan fingerprint density at radius 3 is 2.60 bits per heavy atom. The molecule has 4 aliphatic rings. The highest BCUT2D eigenvalue weighted by Gasteiger charge is 2.59. The zero-order chi connectivity index (χ0) is 21.1. The van der Waals surface area contributed by atoms with Gasteiger partial charge in [-0.3, -0.25) is 4.79 Å². The van der Waals surface area contributed by atoms with Gasteiger partial charge in [0.1, 0.15) is 11.9 Å². The second-order valence-corrected chi connectivity index (χ2v) is 10.0. The molecule has 1 N–H and O–H groups in total. The molecular weight excluding hydrogens is 376 g/mol. The smallest absolute Gasteiger partial charge is 0.156 e. The molecule has 30 heavy (non-hydrogen) atoms. The molecule has 5 rings (SSSR count). The van der Waals surface area contributed by atoms with Crippen LogP contribution in [0.25, 0.3) is 0 Å². The molecule has 1 aliphatic heterocycles. The number of rotatable bonds is 2. The number of fused-ring (bicyclic) bond motifs is 4. The van der Waals surface area contributed by atoms with Crippen molar-refractivity contribution in [2.24, 2.45) is 17.3 Å². The number of ether oxygens (including phenoxy) is 2. The highest BCUT2D eigenvalue weighted by Crippen LogP contribution is 2.61. The fourth-order valence-corrected chi connectivity index (χ4v) is 6.52. The fourth-order valence-electron chi connectivity index (χ4n) is 6.52. The quantitative estimate of drug-likeness (QED) is 0.754. The summed E-state index contributed by atoms with van der Waals surface area (Å²) in [5.41, 5.74) is 4.08. The lowest BCUT2D eigenvalue weighted by Gasteiger charge is -2.43. The van der Waals surface area contributed by atoms with E-state index in [4.69, 9.17) is 9.47 Å². The summed E-state index contributed by atoms with van der Waals surface area (Å²) >= 11 is 0. The van der Waals surface area contributed by atoms with Crippen LogP contribution in [0.2, 0.25) is 0 Å². The third-order valence-electron chi connectivity index (χ3n) is 8.54. The van der Waals surface area contributed by atoms with E-state index in [1.54, 1.807) is 7.11 Å². The average Bonchev–Trinajstić information content (AvgIpc) is 2.89. The first-order valence-corrected chi connectivity index (χ1v) is 11.3. The van der Waals surface area contributed by atoms with Gasteiger partial charge in [0.2, 0.25) is 0 Å². The average molecular weight is 409 g/mol. The van der Waals surface area contributed by atoms with Crippen molar-refractivity contribution in [2.75, 3.05) is 13.7 Å². The summed E-state index contributed by atoms with van der Waals surface area (Å²) in [6, 6.07) is 8.18. The van der Waals surface area contributed by atoms with Crippen LogP contribution in [0.4, 0.5) is 0 Å². The summed E-state index contributed by atoms with van der Waals surface area (Å²) in [7, 11) is 1.68. The van der Waals surface area contributed by atoms with E-state index < -0.39 is 5.60 Å². The minimum Gasteiger partial charge on any atom is -0.497 e. The summed E-state index contributed by atoms with van der Waals surface area (Å²) < 4.78 is 12.0. The van der Waals surface area contributed by atoms with Crippen LogP contribution in [-0.2, 0) is 9.53 Å². The number of methoxy groups -OCH3 is 1. The van der Waals surface area contributed by atoms with Gasteiger partial charge in [-0.25, -0.2) is 0 Å². The normalized spacial score (nSPS) is 38.3.